The molecule has 5 N–H and O–H groups in total. The Morgan fingerprint density at radius 2 is 1.82 bits per heavy atom. The van der Waals surface area contributed by atoms with Crippen LogP contribution >= 0.6 is 0 Å². The fourth-order valence-electron chi connectivity index (χ4n) is 8.34. The number of carbonyl (C=O) groups is 5. The van der Waals surface area contributed by atoms with Gasteiger partial charge in [-0.05, 0) is 74.7 Å². The second kappa shape index (κ2) is 11.0. The van der Waals surface area contributed by atoms with E-state index in [1.165, 1.54) is 6.92 Å². The van der Waals surface area contributed by atoms with Gasteiger partial charge in [-0.25, -0.2) is 4.79 Å². The van der Waals surface area contributed by atoms with E-state index in [4.69, 9.17) is 9.84 Å². The summed E-state index contributed by atoms with van der Waals surface area (Å²) in [6.45, 7) is 4.51. The topological polar surface area (TPSA) is 188 Å². The molecule has 0 aromatic carbocycles. The van der Waals surface area contributed by atoms with Gasteiger partial charge in [-0.1, -0.05) is 19.4 Å². The minimum atomic E-state index is -1.78. The van der Waals surface area contributed by atoms with Gasteiger partial charge in [-0.3, -0.25) is 19.2 Å². The van der Waals surface area contributed by atoms with Crippen LogP contribution in [0.15, 0.2) is 11.6 Å². The summed E-state index contributed by atoms with van der Waals surface area (Å²) < 4.78 is 5.09. The Balaban J connectivity index is 1.38. The standard InChI is InChI=1S/C29H41NO10/c1-15(31)25(26(37)38)30-22(35)6-7-23(36)40-14-21(34)29(39)11-9-19-18-5-4-16-12-17(32)8-10-27(16,2)24(18)20(33)13-28(19,29)3/h12,15,18-20,24-25,31,33,39H,4-11,13-14H2,1-3H3,(H,30,35)(H,37,38)/t15-,18-,19+,20+,24-,25-,27-,28-,29-/m0/s1. The molecule has 0 heterocycles. The fourth-order valence-corrected chi connectivity index (χ4v) is 8.34. The second-order valence-corrected chi connectivity index (χ2v) is 12.7. The molecule has 0 radical (unpaired) electrons. The summed E-state index contributed by atoms with van der Waals surface area (Å²) in [4.78, 5) is 60.8. The highest BCUT2D eigenvalue weighted by Gasteiger charge is 2.68. The summed E-state index contributed by atoms with van der Waals surface area (Å²) in [7, 11) is 0. The first-order chi connectivity index (χ1) is 18.6. The Bertz CT molecular complexity index is 1120. The number of aliphatic hydroxyl groups is 3. The lowest BCUT2D eigenvalue weighted by Crippen LogP contribution is -2.62. The molecule has 1 amide bonds. The largest absolute Gasteiger partial charge is 0.480 e. The van der Waals surface area contributed by atoms with Gasteiger partial charge in [0, 0.05) is 18.3 Å². The average molecular weight is 564 g/mol. The van der Waals surface area contributed by atoms with E-state index in [1.54, 1.807) is 6.08 Å². The summed E-state index contributed by atoms with van der Waals surface area (Å²) >= 11 is 0. The maximum absolute atomic E-state index is 13.3. The van der Waals surface area contributed by atoms with Gasteiger partial charge in [-0.15, -0.1) is 0 Å². The van der Waals surface area contributed by atoms with Crippen LogP contribution in [0.1, 0.15) is 78.6 Å². The van der Waals surface area contributed by atoms with Crippen molar-refractivity contribution in [2.45, 2.75) is 102 Å². The van der Waals surface area contributed by atoms with Crippen LogP contribution in [0.2, 0.25) is 0 Å². The van der Waals surface area contributed by atoms with Gasteiger partial charge in [0.1, 0.15) is 5.60 Å². The van der Waals surface area contributed by atoms with E-state index in [1.807, 2.05) is 6.92 Å². The van der Waals surface area contributed by atoms with Crippen LogP contribution in [-0.2, 0) is 28.7 Å². The molecule has 3 saturated carbocycles. The third kappa shape index (κ3) is 5.12. The number of nitrogens with one attached hydrogen (secondary N) is 1. The lowest BCUT2D eigenvalue weighted by Gasteiger charge is -2.60. The number of carbonyl (C=O) groups excluding carboxylic acids is 4. The van der Waals surface area contributed by atoms with Gasteiger partial charge in [-0.2, -0.15) is 0 Å². The Morgan fingerprint density at radius 1 is 1.12 bits per heavy atom. The van der Waals surface area contributed by atoms with Crippen LogP contribution in [0.4, 0.5) is 0 Å². The van der Waals surface area contributed by atoms with Crippen molar-refractivity contribution in [1.82, 2.24) is 5.32 Å². The summed E-state index contributed by atoms with van der Waals surface area (Å²) in [6.07, 6.45) is 2.53. The van der Waals surface area contributed by atoms with Gasteiger partial charge >= 0.3 is 11.9 Å². The Hall–Kier alpha value is -2.63. The zero-order chi connectivity index (χ0) is 29.6. The van der Waals surface area contributed by atoms with E-state index in [-0.39, 0.29) is 41.8 Å². The molecule has 3 fully saturated rings. The van der Waals surface area contributed by atoms with E-state index in [0.29, 0.717) is 19.3 Å². The number of hydrogen-bond acceptors (Lipinski definition) is 9. The highest BCUT2D eigenvalue weighted by molar-refractivity contribution is 5.92. The smallest absolute Gasteiger partial charge is 0.328 e. The van der Waals surface area contributed by atoms with Crippen LogP contribution in [-0.4, -0.2) is 80.3 Å². The third-order valence-electron chi connectivity index (χ3n) is 10.5. The van der Waals surface area contributed by atoms with Crippen molar-refractivity contribution in [2.75, 3.05) is 6.61 Å². The molecule has 4 aliphatic rings. The number of ketones is 2. The molecule has 11 nitrogen and oxygen atoms in total. The van der Waals surface area contributed by atoms with Crippen molar-refractivity contribution in [3.05, 3.63) is 11.6 Å². The normalized spacial score (nSPS) is 38.1. The molecular formula is C29H41NO10. The SMILES string of the molecule is C[C@H](O)[C@H](NC(=O)CCC(=O)OCC(=O)[C@@]1(O)CC[C@@H]2[C@@H]3CCC4=CC(=O)CC[C@]4(C)[C@@H]3[C@H](O)C[C@@]21C)C(=O)O. The van der Waals surface area contributed by atoms with Crippen molar-refractivity contribution >= 4 is 29.4 Å². The van der Waals surface area contributed by atoms with Crippen LogP contribution in [0.5, 0.6) is 0 Å². The van der Waals surface area contributed by atoms with Crippen LogP contribution in [0.3, 0.4) is 0 Å². The minimum absolute atomic E-state index is 0.0126. The number of Topliss-reactive ketones (excluding diaryl/α,β-unsaturated/α-hetero) is 1. The van der Waals surface area contributed by atoms with Gasteiger partial charge in [0.05, 0.1) is 18.6 Å². The van der Waals surface area contributed by atoms with Crippen molar-refractivity contribution < 1.29 is 49.1 Å². The minimum Gasteiger partial charge on any atom is -0.480 e. The first kappa shape index (κ1) is 30.3. The molecule has 0 aromatic rings. The van der Waals surface area contributed by atoms with E-state index in [0.717, 1.165) is 18.4 Å². The lowest BCUT2D eigenvalue weighted by molar-refractivity contribution is -0.184. The molecule has 4 rings (SSSR count). The molecule has 0 aliphatic heterocycles. The molecule has 0 saturated heterocycles. The Morgan fingerprint density at radius 3 is 2.48 bits per heavy atom. The summed E-state index contributed by atoms with van der Waals surface area (Å²) in [6, 6.07) is -1.52. The monoisotopic (exact) mass is 563 g/mol. The number of esters is 1. The van der Waals surface area contributed by atoms with Crippen molar-refractivity contribution in [3.8, 4) is 0 Å². The molecule has 40 heavy (non-hydrogen) atoms. The number of carboxylic acid groups (broad SMARTS) is 1. The van der Waals surface area contributed by atoms with E-state index >= 15 is 0 Å². The van der Waals surface area contributed by atoms with Gasteiger partial charge in [0.2, 0.25) is 11.7 Å². The van der Waals surface area contributed by atoms with Crippen molar-refractivity contribution in [3.63, 3.8) is 0 Å². The van der Waals surface area contributed by atoms with E-state index in [2.05, 4.69) is 12.2 Å². The van der Waals surface area contributed by atoms with Crippen molar-refractivity contribution in [1.29, 1.82) is 0 Å². The second-order valence-electron chi connectivity index (χ2n) is 12.7. The molecule has 0 aromatic heterocycles. The highest BCUT2D eigenvalue weighted by Crippen LogP contribution is 2.67. The molecule has 0 spiro atoms. The Labute approximate surface area is 233 Å². The number of amides is 1. The zero-order valence-electron chi connectivity index (χ0n) is 23.4. The van der Waals surface area contributed by atoms with Gasteiger partial charge in [0.15, 0.2) is 18.4 Å². The number of carboxylic acids is 1. The summed E-state index contributed by atoms with van der Waals surface area (Å²) in [5.74, 6) is -3.55. The first-order valence-electron chi connectivity index (χ1n) is 14.2. The summed E-state index contributed by atoms with van der Waals surface area (Å²) in [5, 5.41) is 43.8. The quantitative estimate of drug-likeness (QED) is 0.254. The maximum Gasteiger partial charge on any atom is 0.328 e. The predicted octanol–water partition coefficient (Wildman–Crippen LogP) is 1.06. The predicted molar refractivity (Wildman–Crippen MR) is 139 cm³/mol. The van der Waals surface area contributed by atoms with Crippen LogP contribution in [0, 0.1) is 28.6 Å². The van der Waals surface area contributed by atoms with E-state index < -0.39 is 72.3 Å². The first-order valence-corrected chi connectivity index (χ1v) is 14.2. The van der Waals surface area contributed by atoms with Crippen LogP contribution < -0.4 is 5.32 Å². The maximum atomic E-state index is 13.3. The van der Waals surface area contributed by atoms with Crippen LogP contribution in [0.25, 0.3) is 0 Å². The average Bonchev–Trinajstić information content (AvgIpc) is 3.15. The molecule has 11 heteroatoms. The number of aliphatic carboxylic acids is 1. The molecule has 222 valence electrons. The molecule has 0 unspecified atom stereocenters. The number of rotatable bonds is 9. The highest BCUT2D eigenvalue weighted by atomic mass is 16.5. The fraction of sp³-hybridized carbons (Fsp3) is 0.759. The van der Waals surface area contributed by atoms with Crippen molar-refractivity contribution in [2.24, 2.45) is 28.6 Å². The molecular weight excluding hydrogens is 522 g/mol. The lowest BCUT2D eigenvalue weighted by atomic mass is 9.45. The number of ether oxygens (including phenoxy) is 1. The number of aliphatic hydroxyl groups excluding tert-OH is 2. The van der Waals surface area contributed by atoms with Gasteiger partial charge < -0.3 is 30.5 Å². The van der Waals surface area contributed by atoms with Gasteiger partial charge in [0.25, 0.3) is 0 Å². The number of fused-ring (bicyclic) bond motifs is 5. The summed E-state index contributed by atoms with van der Waals surface area (Å²) in [5.41, 5.74) is -1.88. The number of hydrogen-bond donors (Lipinski definition) is 5. The Kier molecular flexibility index (Phi) is 8.33. The molecule has 9 atom stereocenters. The molecule has 0 bridgehead atoms. The van der Waals surface area contributed by atoms with E-state index in [9.17, 15) is 39.3 Å². The number of allylic oxidation sites excluding steroid dienone is 1. The zero-order valence-corrected chi connectivity index (χ0v) is 23.4. The third-order valence-corrected chi connectivity index (χ3v) is 10.5. The molecule has 4 aliphatic carbocycles.